The molecule has 1 aromatic carbocycles. The van der Waals surface area contributed by atoms with E-state index in [4.69, 9.17) is 0 Å². The first-order valence-electron chi connectivity index (χ1n) is 9.73. The topological polar surface area (TPSA) is 100 Å². The first kappa shape index (κ1) is 19.1. The minimum Gasteiger partial charge on any atom is -0.383 e. The van der Waals surface area contributed by atoms with Gasteiger partial charge in [-0.25, -0.2) is 9.97 Å². The Morgan fingerprint density at radius 3 is 2.93 bits per heavy atom. The van der Waals surface area contributed by atoms with Crippen LogP contribution in [0.15, 0.2) is 48.9 Å². The molecule has 0 spiro atoms. The van der Waals surface area contributed by atoms with Gasteiger partial charge < -0.3 is 15.3 Å². The quantitative estimate of drug-likeness (QED) is 0.683. The van der Waals surface area contributed by atoms with Gasteiger partial charge in [0.2, 0.25) is 5.91 Å². The summed E-state index contributed by atoms with van der Waals surface area (Å²) >= 11 is 0. The molecule has 3 heterocycles. The first-order chi connectivity index (χ1) is 14.1. The Labute approximate surface area is 168 Å². The second kappa shape index (κ2) is 8.40. The van der Waals surface area contributed by atoms with E-state index in [0.717, 1.165) is 29.4 Å². The van der Waals surface area contributed by atoms with E-state index in [-0.39, 0.29) is 24.9 Å². The molecule has 8 heteroatoms. The largest absolute Gasteiger partial charge is 0.383 e. The highest BCUT2D eigenvalue weighted by molar-refractivity contribution is 5.87. The average Bonchev–Trinajstić information content (AvgIpc) is 3.11. The van der Waals surface area contributed by atoms with Crippen LogP contribution in [0.5, 0.6) is 0 Å². The number of aliphatic hydroxyl groups excluding tert-OH is 1. The fraction of sp³-hybridized carbons (Fsp3) is 0.333. The predicted molar refractivity (Wildman–Crippen MR) is 107 cm³/mol. The number of aliphatic hydroxyl groups is 1. The van der Waals surface area contributed by atoms with Gasteiger partial charge in [-0.1, -0.05) is 18.2 Å². The highest BCUT2D eigenvalue weighted by Crippen LogP contribution is 2.19. The lowest BCUT2D eigenvalue weighted by Gasteiger charge is -2.21. The lowest BCUT2D eigenvalue weighted by Crippen LogP contribution is -2.44. The molecule has 1 fully saturated rings. The molecule has 3 aromatic rings. The Kier molecular flexibility index (Phi) is 5.53. The maximum absolute atomic E-state index is 12.4. The van der Waals surface area contributed by atoms with E-state index in [1.165, 1.54) is 4.90 Å². The van der Waals surface area contributed by atoms with Gasteiger partial charge >= 0.3 is 0 Å². The van der Waals surface area contributed by atoms with Gasteiger partial charge in [0.1, 0.15) is 18.2 Å². The molecule has 1 aliphatic rings. The van der Waals surface area contributed by atoms with Crippen molar-refractivity contribution in [2.45, 2.75) is 31.9 Å². The summed E-state index contributed by atoms with van der Waals surface area (Å²) in [7, 11) is 0. The lowest BCUT2D eigenvalue weighted by atomic mass is 10.2. The molecule has 2 amide bonds. The van der Waals surface area contributed by atoms with E-state index < -0.39 is 6.10 Å². The summed E-state index contributed by atoms with van der Waals surface area (Å²) in [5, 5.41) is 12.7. The average molecular weight is 393 g/mol. The number of nitrogens with one attached hydrogen (secondary N) is 1. The SMILES string of the molecule is O=C(CN1CCCCC(O)C1=O)NCc1cccnc1-n1cnc2ccccc21. The first-order valence-corrected chi connectivity index (χ1v) is 9.73. The lowest BCUT2D eigenvalue weighted by molar-refractivity contribution is -0.142. The van der Waals surface area contributed by atoms with Gasteiger partial charge in [0.15, 0.2) is 0 Å². The molecule has 0 radical (unpaired) electrons. The smallest absolute Gasteiger partial charge is 0.251 e. The van der Waals surface area contributed by atoms with Crippen LogP contribution in [0.2, 0.25) is 0 Å². The maximum Gasteiger partial charge on any atom is 0.251 e. The van der Waals surface area contributed by atoms with Crippen LogP contribution in [0.3, 0.4) is 0 Å². The van der Waals surface area contributed by atoms with Crippen molar-refractivity contribution in [2.75, 3.05) is 13.1 Å². The van der Waals surface area contributed by atoms with E-state index >= 15 is 0 Å². The van der Waals surface area contributed by atoms with Crippen molar-refractivity contribution in [1.82, 2.24) is 24.8 Å². The number of hydrogen-bond acceptors (Lipinski definition) is 5. The molecule has 1 aliphatic heterocycles. The van der Waals surface area contributed by atoms with Crippen LogP contribution >= 0.6 is 0 Å². The molecule has 8 nitrogen and oxygen atoms in total. The minimum atomic E-state index is -1.01. The Morgan fingerprint density at radius 1 is 1.17 bits per heavy atom. The van der Waals surface area contributed by atoms with Gasteiger partial charge in [-0.3, -0.25) is 14.2 Å². The van der Waals surface area contributed by atoms with Crippen molar-refractivity contribution in [3.63, 3.8) is 0 Å². The number of likely N-dealkylation sites (tertiary alicyclic amines) is 1. The maximum atomic E-state index is 12.4. The Balaban J connectivity index is 1.47. The number of benzene rings is 1. The third kappa shape index (κ3) is 4.12. The van der Waals surface area contributed by atoms with Crippen molar-refractivity contribution >= 4 is 22.8 Å². The van der Waals surface area contributed by atoms with Crippen molar-refractivity contribution in [1.29, 1.82) is 0 Å². The Morgan fingerprint density at radius 2 is 2.03 bits per heavy atom. The summed E-state index contributed by atoms with van der Waals surface area (Å²) in [6.45, 7) is 0.709. The second-order valence-electron chi connectivity index (χ2n) is 7.14. The van der Waals surface area contributed by atoms with Crippen LogP contribution in [0.4, 0.5) is 0 Å². The van der Waals surface area contributed by atoms with Gasteiger partial charge in [0, 0.05) is 24.8 Å². The number of pyridine rings is 1. The zero-order valence-electron chi connectivity index (χ0n) is 16.0. The Hall–Kier alpha value is -3.26. The molecule has 2 aromatic heterocycles. The van der Waals surface area contributed by atoms with Crippen LogP contribution in [0, 0.1) is 0 Å². The van der Waals surface area contributed by atoms with E-state index in [1.807, 2.05) is 41.0 Å². The number of carbonyl (C=O) groups excluding carboxylic acids is 2. The highest BCUT2D eigenvalue weighted by Gasteiger charge is 2.26. The third-order valence-electron chi connectivity index (χ3n) is 5.11. The molecule has 2 N–H and O–H groups in total. The van der Waals surface area contributed by atoms with Crippen LogP contribution in [0.1, 0.15) is 24.8 Å². The van der Waals surface area contributed by atoms with Crippen LogP contribution in [-0.4, -0.2) is 55.5 Å². The molecule has 1 unspecified atom stereocenters. The molecule has 1 saturated heterocycles. The molecular weight excluding hydrogens is 370 g/mol. The number of carbonyl (C=O) groups is 2. The fourth-order valence-electron chi connectivity index (χ4n) is 3.58. The number of nitrogens with zero attached hydrogens (tertiary/aromatic N) is 4. The van der Waals surface area contributed by atoms with Gasteiger partial charge in [0.05, 0.1) is 17.6 Å². The number of fused-ring (bicyclic) bond motifs is 1. The van der Waals surface area contributed by atoms with Crippen molar-refractivity contribution in [3.8, 4) is 5.82 Å². The zero-order valence-corrected chi connectivity index (χ0v) is 16.0. The molecule has 0 saturated carbocycles. The number of aromatic nitrogens is 3. The van der Waals surface area contributed by atoms with E-state index in [0.29, 0.717) is 18.8 Å². The molecule has 0 bridgehead atoms. The van der Waals surface area contributed by atoms with Gasteiger partial charge in [-0.05, 0) is 37.5 Å². The molecule has 0 aliphatic carbocycles. The van der Waals surface area contributed by atoms with Crippen molar-refractivity contribution < 1.29 is 14.7 Å². The van der Waals surface area contributed by atoms with E-state index in [2.05, 4.69) is 15.3 Å². The summed E-state index contributed by atoms with van der Waals surface area (Å²) in [5.74, 6) is 0.0603. The van der Waals surface area contributed by atoms with Crippen LogP contribution in [-0.2, 0) is 16.1 Å². The summed E-state index contributed by atoms with van der Waals surface area (Å²) in [5.41, 5.74) is 2.64. The molecule has 4 rings (SSSR count). The predicted octanol–water partition coefficient (Wildman–Crippen LogP) is 1.41. The summed E-state index contributed by atoms with van der Waals surface area (Å²) in [6, 6.07) is 11.5. The second-order valence-corrected chi connectivity index (χ2v) is 7.14. The number of imidazole rings is 1. The number of hydrogen-bond donors (Lipinski definition) is 2. The molecule has 1 atom stereocenters. The van der Waals surface area contributed by atoms with Gasteiger partial charge in [-0.15, -0.1) is 0 Å². The van der Waals surface area contributed by atoms with Crippen LogP contribution < -0.4 is 5.32 Å². The highest BCUT2D eigenvalue weighted by atomic mass is 16.3. The minimum absolute atomic E-state index is 0.0561. The summed E-state index contributed by atoms with van der Waals surface area (Å²) in [4.78, 5) is 34.9. The Bertz CT molecular complexity index is 1030. The molecule has 29 heavy (non-hydrogen) atoms. The summed E-state index contributed by atoms with van der Waals surface area (Å²) in [6.07, 6.45) is 4.43. The molecular formula is C21H23N5O3. The van der Waals surface area contributed by atoms with E-state index in [1.54, 1.807) is 12.5 Å². The number of para-hydroxylation sites is 2. The van der Waals surface area contributed by atoms with Gasteiger partial charge in [0.25, 0.3) is 5.91 Å². The van der Waals surface area contributed by atoms with Crippen molar-refractivity contribution in [3.05, 3.63) is 54.5 Å². The number of amides is 2. The third-order valence-corrected chi connectivity index (χ3v) is 5.11. The number of rotatable bonds is 5. The fourth-order valence-corrected chi connectivity index (χ4v) is 3.58. The normalized spacial score (nSPS) is 17.3. The van der Waals surface area contributed by atoms with Crippen molar-refractivity contribution in [2.24, 2.45) is 0 Å². The standard InChI is InChI=1S/C21H23N5O3/c27-18-9-3-4-11-25(21(18)29)13-19(28)23-12-15-6-5-10-22-20(15)26-14-24-16-7-1-2-8-17(16)26/h1-2,5-8,10,14,18,27H,3-4,9,11-13H2,(H,23,28). The summed E-state index contributed by atoms with van der Waals surface area (Å²) < 4.78 is 1.89. The monoisotopic (exact) mass is 393 g/mol. The van der Waals surface area contributed by atoms with Gasteiger partial charge in [-0.2, -0.15) is 0 Å². The zero-order chi connectivity index (χ0) is 20.2. The molecule has 150 valence electrons. The van der Waals surface area contributed by atoms with Crippen LogP contribution in [0.25, 0.3) is 16.9 Å². The van der Waals surface area contributed by atoms with E-state index in [9.17, 15) is 14.7 Å².